The van der Waals surface area contributed by atoms with Crippen LogP contribution < -0.4 is 14.8 Å². The van der Waals surface area contributed by atoms with Crippen molar-refractivity contribution in [2.45, 2.75) is 53.5 Å². The Morgan fingerprint density at radius 3 is 2.33 bits per heavy atom. The van der Waals surface area contributed by atoms with E-state index in [1.54, 1.807) is 7.11 Å². The molecule has 27 heavy (non-hydrogen) atoms. The summed E-state index contributed by atoms with van der Waals surface area (Å²) >= 11 is 0. The molecule has 1 atom stereocenters. The molecule has 146 valence electrons. The zero-order valence-corrected chi connectivity index (χ0v) is 17.5. The number of methoxy groups -OCH3 is 1. The number of hydrogen-bond donors (Lipinski definition) is 1. The summed E-state index contributed by atoms with van der Waals surface area (Å²) in [5, 5.41) is 3.04. The van der Waals surface area contributed by atoms with Crippen molar-refractivity contribution >= 4 is 5.91 Å². The van der Waals surface area contributed by atoms with Crippen LogP contribution in [0.4, 0.5) is 0 Å². The summed E-state index contributed by atoms with van der Waals surface area (Å²) in [6, 6.07) is 9.93. The third kappa shape index (κ3) is 5.03. The topological polar surface area (TPSA) is 47.6 Å². The molecule has 4 heteroatoms. The van der Waals surface area contributed by atoms with Crippen molar-refractivity contribution in [2.24, 2.45) is 0 Å². The number of nitrogens with one attached hydrogen (secondary N) is 1. The number of carbonyl (C=O) groups is 1. The molecule has 0 aliphatic rings. The number of amides is 1. The largest absolute Gasteiger partial charge is 0.496 e. The maximum atomic E-state index is 12.4. The molecule has 0 saturated carbocycles. The number of aryl methyl sites for hydroxylation is 2. The molecule has 4 nitrogen and oxygen atoms in total. The summed E-state index contributed by atoms with van der Waals surface area (Å²) in [7, 11) is 1.69. The second-order valence-corrected chi connectivity index (χ2v) is 7.38. The Morgan fingerprint density at radius 1 is 1.00 bits per heavy atom. The first-order valence-electron chi connectivity index (χ1n) is 9.41. The van der Waals surface area contributed by atoms with Crippen molar-refractivity contribution < 1.29 is 14.3 Å². The van der Waals surface area contributed by atoms with E-state index < -0.39 is 0 Å². The van der Waals surface area contributed by atoms with Crippen LogP contribution >= 0.6 is 0 Å². The van der Waals surface area contributed by atoms with Crippen molar-refractivity contribution in [1.82, 2.24) is 5.32 Å². The SMILES string of the molecule is COc1cc(C)c(C(C)NC(=O)COc2cccc(C)c2C)cc1C(C)C. The fraction of sp³-hybridized carbons (Fsp3) is 0.435. The summed E-state index contributed by atoms with van der Waals surface area (Å²) < 4.78 is 11.2. The summed E-state index contributed by atoms with van der Waals surface area (Å²) in [6.07, 6.45) is 0. The molecule has 0 aliphatic heterocycles. The monoisotopic (exact) mass is 369 g/mol. The fourth-order valence-corrected chi connectivity index (χ4v) is 3.20. The Kier molecular flexibility index (Phi) is 6.89. The normalized spacial score (nSPS) is 12.0. The second-order valence-electron chi connectivity index (χ2n) is 7.38. The van der Waals surface area contributed by atoms with Crippen LogP contribution in [0.5, 0.6) is 11.5 Å². The van der Waals surface area contributed by atoms with Gasteiger partial charge in [-0.05, 0) is 79.6 Å². The average Bonchev–Trinajstić information content (AvgIpc) is 2.62. The van der Waals surface area contributed by atoms with Gasteiger partial charge in [0.15, 0.2) is 6.61 Å². The quantitative estimate of drug-likeness (QED) is 0.747. The zero-order chi connectivity index (χ0) is 20.1. The van der Waals surface area contributed by atoms with Gasteiger partial charge in [-0.15, -0.1) is 0 Å². The van der Waals surface area contributed by atoms with Gasteiger partial charge in [0.05, 0.1) is 13.2 Å². The van der Waals surface area contributed by atoms with Gasteiger partial charge in [-0.1, -0.05) is 26.0 Å². The van der Waals surface area contributed by atoms with Gasteiger partial charge in [-0.3, -0.25) is 4.79 Å². The van der Waals surface area contributed by atoms with Crippen LogP contribution in [-0.4, -0.2) is 19.6 Å². The minimum absolute atomic E-state index is 0.000866. The predicted octanol–water partition coefficient (Wildman–Crippen LogP) is 5.00. The van der Waals surface area contributed by atoms with E-state index in [0.717, 1.165) is 39.3 Å². The summed E-state index contributed by atoms with van der Waals surface area (Å²) in [6.45, 7) is 12.3. The highest BCUT2D eigenvalue weighted by atomic mass is 16.5. The van der Waals surface area contributed by atoms with E-state index in [0.29, 0.717) is 5.92 Å². The van der Waals surface area contributed by atoms with Gasteiger partial charge in [-0.25, -0.2) is 0 Å². The fourth-order valence-electron chi connectivity index (χ4n) is 3.20. The first-order chi connectivity index (χ1) is 12.7. The maximum Gasteiger partial charge on any atom is 0.258 e. The lowest BCUT2D eigenvalue weighted by molar-refractivity contribution is -0.123. The summed E-state index contributed by atoms with van der Waals surface area (Å²) in [5.74, 6) is 1.85. The molecule has 0 fully saturated rings. The smallest absolute Gasteiger partial charge is 0.258 e. The van der Waals surface area contributed by atoms with Gasteiger partial charge in [0.25, 0.3) is 5.91 Å². The Hall–Kier alpha value is -2.49. The van der Waals surface area contributed by atoms with Gasteiger partial charge in [0.1, 0.15) is 11.5 Å². The molecule has 0 saturated heterocycles. The van der Waals surface area contributed by atoms with E-state index in [9.17, 15) is 4.79 Å². The van der Waals surface area contributed by atoms with Gasteiger partial charge >= 0.3 is 0 Å². The molecule has 0 bridgehead atoms. The third-order valence-electron chi connectivity index (χ3n) is 5.00. The van der Waals surface area contributed by atoms with Crippen molar-refractivity contribution in [3.8, 4) is 11.5 Å². The van der Waals surface area contributed by atoms with Crippen molar-refractivity contribution in [1.29, 1.82) is 0 Å². The van der Waals surface area contributed by atoms with E-state index in [2.05, 4.69) is 25.2 Å². The molecular weight excluding hydrogens is 338 g/mol. The lowest BCUT2D eigenvalue weighted by Gasteiger charge is -2.21. The van der Waals surface area contributed by atoms with E-state index in [1.807, 2.05) is 52.0 Å². The minimum Gasteiger partial charge on any atom is -0.496 e. The molecule has 0 aromatic heterocycles. The van der Waals surface area contributed by atoms with E-state index >= 15 is 0 Å². The molecule has 1 amide bonds. The number of hydrogen-bond acceptors (Lipinski definition) is 3. The van der Waals surface area contributed by atoms with Crippen molar-refractivity contribution in [2.75, 3.05) is 13.7 Å². The van der Waals surface area contributed by atoms with Gasteiger partial charge < -0.3 is 14.8 Å². The molecule has 0 heterocycles. The van der Waals surface area contributed by atoms with Crippen LogP contribution in [0.1, 0.15) is 60.5 Å². The van der Waals surface area contributed by atoms with Gasteiger partial charge in [0.2, 0.25) is 0 Å². The summed E-state index contributed by atoms with van der Waals surface area (Å²) in [5.41, 5.74) is 5.55. The molecule has 1 unspecified atom stereocenters. The maximum absolute atomic E-state index is 12.4. The standard InChI is InChI=1S/C23H31NO3/c1-14(2)19-12-20(16(4)11-22(19)26-7)18(6)24-23(25)13-27-21-10-8-9-15(3)17(21)5/h8-12,14,18H,13H2,1-7H3,(H,24,25). The molecule has 2 aromatic rings. The lowest BCUT2D eigenvalue weighted by Crippen LogP contribution is -2.31. The van der Waals surface area contributed by atoms with E-state index in [-0.39, 0.29) is 18.6 Å². The van der Waals surface area contributed by atoms with Crippen LogP contribution in [0.25, 0.3) is 0 Å². The Morgan fingerprint density at radius 2 is 1.70 bits per heavy atom. The first kappa shape index (κ1) is 20.8. The van der Waals surface area contributed by atoms with Gasteiger partial charge in [-0.2, -0.15) is 0 Å². The molecule has 0 aliphatic carbocycles. The van der Waals surface area contributed by atoms with Crippen LogP contribution in [0.2, 0.25) is 0 Å². The molecule has 0 spiro atoms. The molecule has 0 radical (unpaired) electrons. The number of rotatable bonds is 7. The second kappa shape index (κ2) is 8.94. The predicted molar refractivity (Wildman–Crippen MR) is 110 cm³/mol. The average molecular weight is 370 g/mol. The van der Waals surface area contributed by atoms with Crippen LogP contribution in [0, 0.1) is 20.8 Å². The Labute approximate surface area is 162 Å². The first-order valence-corrected chi connectivity index (χ1v) is 9.41. The van der Waals surface area contributed by atoms with Crippen LogP contribution in [0.3, 0.4) is 0 Å². The molecular formula is C23H31NO3. The highest BCUT2D eigenvalue weighted by molar-refractivity contribution is 5.78. The third-order valence-corrected chi connectivity index (χ3v) is 5.00. The van der Waals surface area contributed by atoms with Crippen LogP contribution in [0.15, 0.2) is 30.3 Å². The number of carbonyl (C=O) groups excluding carboxylic acids is 1. The lowest BCUT2D eigenvalue weighted by atomic mass is 9.93. The van der Waals surface area contributed by atoms with Gasteiger partial charge in [0, 0.05) is 0 Å². The van der Waals surface area contributed by atoms with E-state index in [1.165, 1.54) is 0 Å². The highest BCUT2D eigenvalue weighted by Crippen LogP contribution is 2.32. The highest BCUT2D eigenvalue weighted by Gasteiger charge is 2.17. The zero-order valence-electron chi connectivity index (χ0n) is 17.5. The Bertz CT molecular complexity index is 812. The number of benzene rings is 2. The van der Waals surface area contributed by atoms with Crippen molar-refractivity contribution in [3.05, 3.63) is 58.1 Å². The summed E-state index contributed by atoms with van der Waals surface area (Å²) in [4.78, 5) is 12.4. The molecule has 1 N–H and O–H groups in total. The van der Waals surface area contributed by atoms with E-state index in [4.69, 9.17) is 9.47 Å². The molecule has 2 rings (SSSR count). The Balaban J connectivity index is 2.08. The van der Waals surface area contributed by atoms with Crippen molar-refractivity contribution in [3.63, 3.8) is 0 Å². The molecule has 2 aromatic carbocycles. The number of ether oxygens (including phenoxy) is 2. The minimum atomic E-state index is -0.135. The van der Waals surface area contributed by atoms with Crippen LogP contribution in [-0.2, 0) is 4.79 Å².